The molecule has 1 amide bonds. The second-order valence-corrected chi connectivity index (χ2v) is 6.25. The minimum atomic E-state index is 0.0604. The Hall–Kier alpha value is -2.53. The Labute approximate surface area is 140 Å². The Bertz CT molecular complexity index is 829. The number of hydrogen-bond acceptors (Lipinski definition) is 3. The van der Waals surface area contributed by atoms with E-state index in [0.717, 1.165) is 37.5 Å². The number of carbonyl (C=O) groups excluding carboxylic acids is 1. The van der Waals surface area contributed by atoms with Gasteiger partial charge in [-0.1, -0.05) is 18.2 Å². The fourth-order valence-electron chi connectivity index (χ4n) is 3.59. The zero-order valence-corrected chi connectivity index (χ0v) is 13.7. The number of H-pyrrole nitrogens is 1. The van der Waals surface area contributed by atoms with Crippen LogP contribution in [0.15, 0.2) is 53.3 Å². The molecule has 1 N–H and O–H groups in total. The molecule has 0 bridgehead atoms. The Morgan fingerprint density at radius 1 is 1.12 bits per heavy atom. The zero-order chi connectivity index (χ0) is 16.5. The summed E-state index contributed by atoms with van der Waals surface area (Å²) in [5.41, 5.74) is 2.35. The molecule has 0 radical (unpaired) electrons. The quantitative estimate of drug-likeness (QED) is 0.806. The van der Waals surface area contributed by atoms with Gasteiger partial charge in [-0.25, -0.2) is 0 Å². The minimum absolute atomic E-state index is 0.0604. The summed E-state index contributed by atoms with van der Waals surface area (Å²) in [5, 5.41) is 1.22. The molecule has 1 fully saturated rings. The zero-order valence-electron chi connectivity index (χ0n) is 13.7. The third-order valence-corrected chi connectivity index (χ3v) is 4.85. The predicted molar refractivity (Wildman–Crippen MR) is 92.7 cm³/mol. The first-order chi connectivity index (χ1) is 11.7. The lowest BCUT2D eigenvalue weighted by molar-refractivity contribution is -0.130. The van der Waals surface area contributed by atoms with Crippen molar-refractivity contribution >= 4 is 16.8 Å². The lowest BCUT2D eigenvalue weighted by Crippen LogP contribution is -2.49. The molecule has 24 heavy (non-hydrogen) atoms. The van der Waals surface area contributed by atoms with Crippen molar-refractivity contribution in [2.24, 2.45) is 0 Å². The number of aromatic amines is 1. The molecule has 1 unspecified atom stereocenters. The number of carbonyl (C=O) groups is 1. The van der Waals surface area contributed by atoms with E-state index in [-0.39, 0.29) is 11.9 Å². The van der Waals surface area contributed by atoms with Gasteiger partial charge in [0.15, 0.2) is 0 Å². The lowest BCUT2D eigenvalue weighted by Gasteiger charge is -2.38. The Kier molecular flexibility index (Phi) is 3.86. The first-order valence-electron chi connectivity index (χ1n) is 8.33. The lowest BCUT2D eigenvalue weighted by atomic mass is 10.0. The van der Waals surface area contributed by atoms with Gasteiger partial charge in [-0.2, -0.15) is 0 Å². The van der Waals surface area contributed by atoms with E-state index < -0.39 is 0 Å². The first-order valence-corrected chi connectivity index (χ1v) is 8.33. The monoisotopic (exact) mass is 323 g/mol. The summed E-state index contributed by atoms with van der Waals surface area (Å²) in [6.45, 7) is 4.83. The molecule has 5 heteroatoms. The highest BCUT2D eigenvalue weighted by atomic mass is 16.3. The largest absolute Gasteiger partial charge is 0.467 e. The van der Waals surface area contributed by atoms with E-state index in [4.69, 9.17) is 4.42 Å². The average molecular weight is 323 g/mol. The standard InChI is InChI=1S/C19H21N3O2/c1-14(23)21-8-10-22(11-9-21)19(18-7-4-12-24-18)16-13-20-17-6-3-2-5-15(16)17/h2-7,12-13,19-20H,8-11H2,1H3. The molecule has 1 aromatic carbocycles. The van der Waals surface area contributed by atoms with Crippen molar-refractivity contribution in [1.29, 1.82) is 0 Å². The van der Waals surface area contributed by atoms with E-state index >= 15 is 0 Å². The van der Waals surface area contributed by atoms with Crippen LogP contribution in [0.1, 0.15) is 24.3 Å². The number of para-hydroxylation sites is 1. The van der Waals surface area contributed by atoms with Gasteiger partial charge in [0, 0.05) is 55.8 Å². The van der Waals surface area contributed by atoms with Crippen molar-refractivity contribution in [3.8, 4) is 0 Å². The van der Waals surface area contributed by atoms with Crippen molar-refractivity contribution in [2.75, 3.05) is 26.2 Å². The van der Waals surface area contributed by atoms with E-state index in [1.807, 2.05) is 23.1 Å². The van der Waals surface area contributed by atoms with Crippen LogP contribution in [0.4, 0.5) is 0 Å². The van der Waals surface area contributed by atoms with E-state index in [0.29, 0.717) is 0 Å². The van der Waals surface area contributed by atoms with Gasteiger partial charge in [-0.05, 0) is 18.2 Å². The molecule has 3 aromatic rings. The highest BCUT2D eigenvalue weighted by molar-refractivity contribution is 5.84. The highest BCUT2D eigenvalue weighted by Gasteiger charge is 2.30. The Morgan fingerprint density at radius 2 is 1.92 bits per heavy atom. The van der Waals surface area contributed by atoms with E-state index in [9.17, 15) is 4.79 Å². The van der Waals surface area contributed by atoms with E-state index in [1.54, 1.807) is 13.2 Å². The van der Waals surface area contributed by atoms with Crippen LogP contribution in [0.3, 0.4) is 0 Å². The molecule has 3 heterocycles. The normalized spacial score (nSPS) is 17.3. The number of piperazine rings is 1. The van der Waals surface area contributed by atoms with Crippen LogP contribution in [0, 0.1) is 0 Å². The van der Waals surface area contributed by atoms with Crippen LogP contribution in [0.2, 0.25) is 0 Å². The minimum Gasteiger partial charge on any atom is -0.467 e. The van der Waals surface area contributed by atoms with Crippen LogP contribution in [0.5, 0.6) is 0 Å². The van der Waals surface area contributed by atoms with Gasteiger partial charge >= 0.3 is 0 Å². The van der Waals surface area contributed by atoms with E-state index in [1.165, 1.54) is 10.9 Å². The van der Waals surface area contributed by atoms with Gasteiger partial charge in [-0.15, -0.1) is 0 Å². The summed E-state index contributed by atoms with van der Waals surface area (Å²) in [6.07, 6.45) is 3.80. The molecule has 1 aliphatic heterocycles. The van der Waals surface area contributed by atoms with Crippen LogP contribution >= 0.6 is 0 Å². The molecule has 0 aliphatic carbocycles. The average Bonchev–Trinajstić information content (AvgIpc) is 3.27. The molecule has 1 atom stereocenters. The van der Waals surface area contributed by atoms with Crippen molar-refractivity contribution < 1.29 is 9.21 Å². The number of hydrogen-bond donors (Lipinski definition) is 1. The van der Waals surface area contributed by atoms with Crippen molar-refractivity contribution in [3.05, 3.63) is 60.2 Å². The van der Waals surface area contributed by atoms with Crippen molar-refractivity contribution in [1.82, 2.24) is 14.8 Å². The third kappa shape index (κ3) is 2.61. The second-order valence-electron chi connectivity index (χ2n) is 6.25. The predicted octanol–water partition coefficient (Wildman–Crippen LogP) is 3.01. The number of aromatic nitrogens is 1. The maximum atomic E-state index is 11.6. The number of fused-ring (bicyclic) bond motifs is 1. The van der Waals surface area contributed by atoms with Gasteiger partial charge in [0.25, 0.3) is 0 Å². The number of benzene rings is 1. The summed E-state index contributed by atoms with van der Waals surface area (Å²) >= 11 is 0. The van der Waals surface area contributed by atoms with Gasteiger partial charge in [0.2, 0.25) is 5.91 Å². The van der Waals surface area contributed by atoms with Crippen molar-refractivity contribution in [2.45, 2.75) is 13.0 Å². The van der Waals surface area contributed by atoms with Gasteiger partial charge in [0.1, 0.15) is 5.76 Å². The molecule has 0 saturated carbocycles. The topological polar surface area (TPSA) is 52.5 Å². The number of nitrogens with one attached hydrogen (secondary N) is 1. The Balaban J connectivity index is 1.70. The molecule has 124 valence electrons. The smallest absolute Gasteiger partial charge is 0.219 e. The molecule has 1 aliphatic rings. The second kappa shape index (κ2) is 6.17. The number of rotatable bonds is 3. The molecule has 1 saturated heterocycles. The van der Waals surface area contributed by atoms with Crippen LogP contribution in [0.25, 0.3) is 10.9 Å². The SMILES string of the molecule is CC(=O)N1CCN(C(c2ccco2)c2c[nH]c3ccccc23)CC1. The molecule has 0 spiro atoms. The maximum Gasteiger partial charge on any atom is 0.219 e. The highest BCUT2D eigenvalue weighted by Crippen LogP contribution is 2.34. The number of amides is 1. The molecular formula is C19H21N3O2. The third-order valence-electron chi connectivity index (χ3n) is 4.85. The van der Waals surface area contributed by atoms with Crippen LogP contribution in [-0.4, -0.2) is 46.9 Å². The molecule has 5 nitrogen and oxygen atoms in total. The van der Waals surface area contributed by atoms with Gasteiger partial charge in [0.05, 0.1) is 12.3 Å². The molecular weight excluding hydrogens is 302 g/mol. The van der Waals surface area contributed by atoms with Crippen LogP contribution < -0.4 is 0 Å². The molecule has 2 aromatic heterocycles. The summed E-state index contributed by atoms with van der Waals surface area (Å²) in [6, 6.07) is 12.4. The van der Waals surface area contributed by atoms with E-state index in [2.05, 4.69) is 34.3 Å². The molecule has 4 rings (SSSR count). The Morgan fingerprint density at radius 3 is 2.62 bits per heavy atom. The first kappa shape index (κ1) is 15.0. The van der Waals surface area contributed by atoms with Crippen molar-refractivity contribution in [3.63, 3.8) is 0 Å². The summed E-state index contributed by atoms with van der Waals surface area (Å²) in [7, 11) is 0. The van der Waals surface area contributed by atoms with Gasteiger partial charge in [-0.3, -0.25) is 9.69 Å². The number of furan rings is 1. The van der Waals surface area contributed by atoms with Crippen LogP contribution in [-0.2, 0) is 4.79 Å². The summed E-state index contributed by atoms with van der Waals surface area (Å²) in [5.74, 6) is 1.09. The fourth-order valence-corrected chi connectivity index (χ4v) is 3.59. The van der Waals surface area contributed by atoms with Gasteiger partial charge < -0.3 is 14.3 Å². The summed E-state index contributed by atoms with van der Waals surface area (Å²) in [4.78, 5) is 19.3. The number of nitrogens with zero attached hydrogens (tertiary/aromatic N) is 2. The maximum absolute atomic E-state index is 11.6. The fraction of sp³-hybridized carbons (Fsp3) is 0.316. The summed E-state index contributed by atoms with van der Waals surface area (Å²) < 4.78 is 5.76.